The molecule has 1 amide bonds. The number of piperidine rings is 1. The summed E-state index contributed by atoms with van der Waals surface area (Å²) in [6, 6.07) is 4.89. The Morgan fingerprint density at radius 2 is 2.00 bits per heavy atom. The number of carboxylic acids is 1. The number of hydrogen-bond acceptors (Lipinski definition) is 3. The van der Waals surface area contributed by atoms with E-state index < -0.39 is 11.4 Å². The van der Waals surface area contributed by atoms with E-state index in [1.165, 1.54) is 0 Å². The molecule has 0 saturated carbocycles. The van der Waals surface area contributed by atoms with E-state index in [0.29, 0.717) is 31.6 Å². The van der Waals surface area contributed by atoms with Crippen molar-refractivity contribution in [2.24, 2.45) is 5.41 Å². The van der Waals surface area contributed by atoms with Gasteiger partial charge in [-0.05, 0) is 31.9 Å². The van der Waals surface area contributed by atoms with Crippen LogP contribution in [0.5, 0.6) is 0 Å². The molecule has 0 unspecified atom stereocenters. The molecule has 1 aromatic rings. The van der Waals surface area contributed by atoms with Gasteiger partial charge in [0.15, 0.2) is 0 Å². The van der Waals surface area contributed by atoms with Gasteiger partial charge < -0.3 is 10.0 Å². The van der Waals surface area contributed by atoms with Gasteiger partial charge in [-0.1, -0.05) is 17.7 Å². The summed E-state index contributed by atoms with van der Waals surface area (Å²) in [5.41, 5.74) is -0.440. The third-order valence-electron chi connectivity index (χ3n) is 3.60. The number of hydrogen-bond donors (Lipinski definition) is 1. The number of amides is 1. The zero-order valence-corrected chi connectivity index (χ0v) is 11.4. The number of aromatic nitrogens is 1. The molecule has 1 aliphatic heterocycles. The second-order valence-electron chi connectivity index (χ2n) is 5.00. The van der Waals surface area contributed by atoms with Crippen molar-refractivity contribution in [3.05, 3.63) is 29.0 Å². The summed E-state index contributed by atoms with van der Waals surface area (Å²) in [5, 5.41) is 9.42. The predicted molar refractivity (Wildman–Crippen MR) is 70.1 cm³/mol. The molecule has 0 radical (unpaired) electrons. The summed E-state index contributed by atoms with van der Waals surface area (Å²) in [5.74, 6) is -1.00. The number of carboxylic acid groups (broad SMARTS) is 1. The first-order valence-corrected chi connectivity index (χ1v) is 6.45. The zero-order chi connectivity index (χ0) is 14.0. The van der Waals surface area contributed by atoms with E-state index in [0.717, 1.165) is 0 Å². The summed E-state index contributed by atoms with van der Waals surface area (Å²) in [7, 11) is 0. The lowest BCUT2D eigenvalue weighted by atomic mass is 9.80. The van der Waals surface area contributed by atoms with Crippen LogP contribution in [0.4, 0.5) is 0 Å². The highest BCUT2D eigenvalue weighted by Gasteiger charge is 2.38. The van der Waals surface area contributed by atoms with E-state index in [2.05, 4.69) is 4.98 Å². The van der Waals surface area contributed by atoms with Crippen LogP contribution in [0, 0.1) is 5.41 Å². The molecule has 1 aromatic heterocycles. The summed E-state index contributed by atoms with van der Waals surface area (Å²) >= 11 is 5.76. The Bertz CT molecular complexity index is 510. The van der Waals surface area contributed by atoms with Gasteiger partial charge in [-0.15, -0.1) is 0 Å². The van der Waals surface area contributed by atoms with Gasteiger partial charge in [-0.2, -0.15) is 0 Å². The molecule has 0 aliphatic carbocycles. The van der Waals surface area contributed by atoms with E-state index in [-0.39, 0.29) is 11.1 Å². The van der Waals surface area contributed by atoms with Crippen molar-refractivity contribution in [2.75, 3.05) is 13.1 Å². The molecule has 0 atom stereocenters. The van der Waals surface area contributed by atoms with Gasteiger partial charge in [0.1, 0.15) is 10.8 Å². The smallest absolute Gasteiger partial charge is 0.309 e. The minimum absolute atomic E-state index is 0.199. The Morgan fingerprint density at radius 3 is 2.53 bits per heavy atom. The third-order valence-corrected chi connectivity index (χ3v) is 3.82. The Kier molecular flexibility index (Phi) is 3.75. The second-order valence-corrected chi connectivity index (χ2v) is 5.39. The van der Waals surface area contributed by atoms with Crippen LogP contribution >= 0.6 is 11.6 Å². The number of likely N-dealkylation sites (tertiary alicyclic amines) is 1. The third kappa shape index (κ3) is 2.87. The molecule has 19 heavy (non-hydrogen) atoms. The predicted octanol–water partition coefficient (Wildman–Crippen LogP) is 2.06. The lowest BCUT2D eigenvalue weighted by molar-refractivity contribution is -0.150. The maximum atomic E-state index is 12.2. The number of aliphatic carboxylic acids is 1. The lowest BCUT2D eigenvalue weighted by Crippen LogP contribution is -2.45. The van der Waals surface area contributed by atoms with E-state index in [9.17, 15) is 9.59 Å². The van der Waals surface area contributed by atoms with Gasteiger partial charge in [0.2, 0.25) is 0 Å². The molecule has 0 bridgehead atoms. The van der Waals surface area contributed by atoms with Crippen molar-refractivity contribution in [1.29, 1.82) is 0 Å². The van der Waals surface area contributed by atoms with Crippen LogP contribution in [0.25, 0.3) is 0 Å². The van der Waals surface area contributed by atoms with E-state index >= 15 is 0 Å². The first-order valence-electron chi connectivity index (χ1n) is 6.08. The minimum Gasteiger partial charge on any atom is -0.481 e. The highest BCUT2D eigenvalue weighted by Crippen LogP contribution is 2.31. The largest absolute Gasteiger partial charge is 0.481 e. The second kappa shape index (κ2) is 5.17. The summed E-state index contributed by atoms with van der Waals surface area (Å²) < 4.78 is 0. The van der Waals surface area contributed by atoms with Crippen molar-refractivity contribution >= 4 is 23.5 Å². The monoisotopic (exact) mass is 282 g/mol. The molecular formula is C13H15ClN2O3. The first kappa shape index (κ1) is 13.8. The summed E-state index contributed by atoms with van der Waals surface area (Å²) in [6.07, 6.45) is 0.906. The van der Waals surface area contributed by atoms with Crippen LogP contribution in [0.3, 0.4) is 0 Å². The van der Waals surface area contributed by atoms with Crippen LogP contribution in [-0.2, 0) is 4.79 Å². The Balaban J connectivity index is 2.06. The van der Waals surface area contributed by atoms with E-state index in [1.807, 2.05) is 0 Å². The Labute approximate surface area is 116 Å². The number of carbonyl (C=O) groups is 2. The molecule has 6 heteroatoms. The quantitative estimate of drug-likeness (QED) is 0.843. The van der Waals surface area contributed by atoms with Crippen molar-refractivity contribution in [3.63, 3.8) is 0 Å². The number of carbonyl (C=O) groups excluding carboxylic acids is 1. The minimum atomic E-state index is -0.805. The van der Waals surface area contributed by atoms with Crippen LogP contribution in [0.1, 0.15) is 30.3 Å². The summed E-state index contributed by atoms with van der Waals surface area (Å²) in [6.45, 7) is 2.57. The first-order chi connectivity index (χ1) is 8.92. The van der Waals surface area contributed by atoms with Crippen LogP contribution < -0.4 is 0 Å². The van der Waals surface area contributed by atoms with Crippen LogP contribution in [-0.4, -0.2) is 40.0 Å². The fourth-order valence-corrected chi connectivity index (χ4v) is 2.27. The molecule has 2 heterocycles. The number of pyridine rings is 1. The molecule has 102 valence electrons. The SMILES string of the molecule is CC1(C(=O)O)CCN(C(=O)c2cccc(Cl)n2)CC1. The van der Waals surface area contributed by atoms with Crippen molar-refractivity contribution in [1.82, 2.24) is 9.88 Å². The molecule has 0 aromatic carbocycles. The van der Waals surface area contributed by atoms with Gasteiger partial charge in [0.25, 0.3) is 5.91 Å². The van der Waals surface area contributed by atoms with Gasteiger partial charge in [-0.25, -0.2) is 4.98 Å². The van der Waals surface area contributed by atoms with Gasteiger partial charge in [-0.3, -0.25) is 9.59 Å². The average Bonchev–Trinajstić information content (AvgIpc) is 2.38. The highest BCUT2D eigenvalue weighted by atomic mass is 35.5. The molecule has 5 nitrogen and oxygen atoms in total. The molecule has 1 saturated heterocycles. The average molecular weight is 283 g/mol. The molecule has 0 spiro atoms. The Hall–Kier alpha value is -1.62. The Morgan fingerprint density at radius 1 is 1.37 bits per heavy atom. The van der Waals surface area contributed by atoms with Crippen LogP contribution in [0.15, 0.2) is 18.2 Å². The number of halogens is 1. The normalized spacial score (nSPS) is 18.1. The lowest BCUT2D eigenvalue weighted by Gasteiger charge is -2.36. The fourth-order valence-electron chi connectivity index (χ4n) is 2.11. The summed E-state index contributed by atoms with van der Waals surface area (Å²) in [4.78, 5) is 28.9. The number of nitrogens with zero attached hydrogens (tertiary/aromatic N) is 2. The number of rotatable bonds is 2. The zero-order valence-electron chi connectivity index (χ0n) is 10.6. The standard InChI is InChI=1S/C13H15ClN2O3/c1-13(12(18)19)5-7-16(8-6-13)11(17)9-3-2-4-10(14)15-9/h2-4H,5-8H2,1H3,(H,18,19). The van der Waals surface area contributed by atoms with Gasteiger partial charge in [0, 0.05) is 13.1 Å². The van der Waals surface area contributed by atoms with E-state index in [1.54, 1.807) is 30.0 Å². The van der Waals surface area contributed by atoms with Gasteiger partial charge >= 0.3 is 5.97 Å². The maximum absolute atomic E-state index is 12.2. The molecule has 1 aliphatic rings. The van der Waals surface area contributed by atoms with Crippen molar-refractivity contribution < 1.29 is 14.7 Å². The van der Waals surface area contributed by atoms with Crippen molar-refractivity contribution in [3.8, 4) is 0 Å². The molecule has 1 N–H and O–H groups in total. The molecular weight excluding hydrogens is 268 g/mol. The van der Waals surface area contributed by atoms with Gasteiger partial charge in [0.05, 0.1) is 5.41 Å². The van der Waals surface area contributed by atoms with Crippen molar-refractivity contribution in [2.45, 2.75) is 19.8 Å². The highest BCUT2D eigenvalue weighted by molar-refractivity contribution is 6.29. The molecule has 1 fully saturated rings. The fraction of sp³-hybridized carbons (Fsp3) is 0.462. The maximum Gasteiger partial charge on any atom is 0.309 e. The molecule has 2 rings (SSSR count). The van der Waals surface area contributed by atoms with E-state index in [4.69, 9.17) is 16.7 Å². The van der Waals surface area contributed by atoms with Crippen LogP contribution in [0.2, 0.25) is 5.15 Å². The topological polar surface area (TPSA) is 70.5 Å².